The number of benzene rings is 2. The van der Waals surface area contributed by atoms with Crippen LogP contribution in [0.4, 0.5) is 5.69 Å². The normalized spacial score (nSPS) is 11.5. The molecule has 0 aliphatic carbocycles. The number of anilines is 1. The minimum Gasteiger partial charge on any atom is -0.481 e. The summed E-state index contributed by atoms with van der Waals surface area (Å²) in [6.07, 6.45) is -0.701. The highest BCUT2D eigenvalue weighted by Crippen LogP contribution is 2.16. The van der Waals surface area contributed by atoms with Crippen LogP contribution in [0.5, 0.6) is 5.75 Å². The average Bonchev–Trinajstić information content (AvgIpc) is 2.48. The van der Waals surface area contributed by atoms with Gasteiger partial charge < -0.3 is 15.8 Å². The number of carbonyl (C=O) groups is 2. The molecule has 1 atom stereocenters. The average molecular weight is 284 g/mol. The van der Waals surface area contributed by atoms with Crippen LogP contribution in [-0.4, -0.2) is 17.9 Å². The van der Waals surface area contributed by atoms with E-state index in [-0.39, 0.29) is 11.5 Å². The lowest BCUT2D eigenvalue weighted by atomic mass is 10.1. The number of hydrogen-bond acceptors (Lipinski definition) is 3. The Hall–Kier alpha value is -2.82. The lowest BCUT2D eigenvalue weighted by Gasteiger charge is -2.15. The number of nitrogens with one attached hydrogen (secondary N) is 1. The van der Waals surface area contributed by atoms with E-state index in [1.807, 2.05) is 18.2 Å². The maximum atomic E-state index is 12.1. The van der Waals surface area contributed by atoms with E-state index in [0.717, 1.165) is 0 Å². The SMILES string of the molecule is CC(Oc1ccccc1)C(=O)Nc1ccccc1C(N)=O. The molecule has 0 fully saturated rings. The van der Waals surface area contributed by atoms with Gasteiger partial charge in [0.05, 0.1) is 11.3 Å². The van der Waals surface area contributed by atoms with Crippen LogP contribution < -0.4 is 15.8 Å². The summed E-state index contributed by atoms with van der Waals surface area (Å²) in [5.74, 6) is -0.349. The Morgan fingerprint density at radius 3 is 2.33 bits per heavy atom. The number of ether oxygens (including phenoxy) is 1. The minimum absolute atomic E-state index is 0.262. The van der Waals surface area contributed by atoms with Gasteiger partial charge in [-0.2, -0.15) is 0 Å². The van der Waals surface area contributed by atoms with Gasteiger partial charge in [-0.05, 0) is 31.2 Å². The standard InChI is InChI=1S/C16H16N2O3/c1-11(21-12-7-3-2-4-8-12)16(20)18-14-10-6-5-9-13(14)15(17)19/h2-11H,1H3,(H2,17,19)(H,18,20). The van der Waals surface area contributed by atoms with Crippen LogP contribution in [0.3, 0.4) is 0 Å². The van der Waals surface area contributed by atoms with Crippen molar-refractivity contribution in [3.05, 3.63) is 60.2 Å². The number of para-hydroxylation sites is 2. The molecule has 5 nitrogen and oxygen atoms in total. The number of amides is 2. The van der Waals surface area contributed by atoms with Crippen LogP contribution in [0, 0.1) is 0 Å². The predicted octanol–water partition coefficient (Wildman–Crippen LogP) is 2.19. The Kier molecular flexibility index (Phi) is 4.56. The van der Waals surface area contributed by atoms with Crippen LogP contribution in [0.25, 0.3) is 0 Å². The molecular formula is C16H16N2O3. The molecule has 2 aromatic carbocycles. The first-order valence-corrected chi connectivity index (χ1v) is 6.49. The quantitative estimate of drug-likeness (QED) is 0.883. The zero-order valence-electron chi connectivity index (χ0n) is 11.6. The Labute approximate surface area is 122 Å². The van der Waals surface area contributed by atoms with E-state index in [1.165, 1.54) is 0 Å². The third-order valence-corrected chi connectivity index (χ3v) is 2.88. The van der Waals surface area contributed by atoms with Crippen molar-refractivity contribution in [3.8, 4) is 5.75 Å². The van der Waals surface area contributed by atoms with Crippen LogP contribution in [0.1, 0.15) is 17.3 Å². The second-order valence-electron chi connectivity index (χ2n) is 4.47. The molecule has 0 saturated heterocycles. The minimum atomic E-state index is -0.701. The fourth-order valence-electron chi connectivity index (χ4n) is 1.80. The molecule has 108 valence electrons. The molecule has 0 bridgehead atoms. The first-order valence-electron chi connectivity index (χ1n) is 6.49. The lowest BCUT2D eigenvalue weighted by molar-refractivity contribution is -0.122. The van der Waals surface area contributed by atoms with Crippen molar-refractivity contribution in [2.45, 2.75) is 13.0 Å². The lowest BCUT2D eigenvalue weighted by Crippen LogP contribution is -2.31. The molecule has 5 heteroatoms. The summed E-state index contributed by atoms with van der Waals surface area (Å²) in [6, 6.07) is 15.6. The molecule has 1 unspecified atom stereocenters. The highest BCUT2D eigenvalue weighted by molar-refractivity contribution is 6.03. The Morgan fingerprint density at radius 1 is 1.05 bits per heavy atom. The third-order valence-electron chi connectivity index (χ3n) is 2.88. The summed E-state index contributed by atoms with van der Waals surface area (Å²) in [6.45, 7) is 1.63. The fourth-order valence-corrected chi connectivity index (χ4v) is 1.80. The van der Waals surface area contributed by atoms with Gasteiger partial charge in [0.15, 0.2) is 6.10 Å². The van der Waals surface area contributed by atoms with Crippen molar-refractivity contribution >= 4 is 17.5 Å². The number of primary amides is 1. The van der Waals surface area contributed by atoms with E-state index in [0.29, 0.717) is 11.4 Å². The number of carbonyl (C=O) groups excluding carboxylic acids is 2. The first-order chi connectivity index (χ1) is 10.1. The first kappa shape index (κ1) is 14.6. The Bertz CT molecular complexity index is 641. The summed E-state index contributed by atoms with van der Waals surface area (Å²) in [7, 11) is 0. The van der Waals surface area contributed by atoms with Crippen molar-refractivity contribution in [1.82, 2.24) is 0 Å². The zero-order valence-corrected chi connectivity index (χ0v) is 11.6. The van der Waals surface area contributed by atoms with Gasteiger partial charge in [0, 0.05) is 0 Å². The summed E-state index contributed by atoms with van der Waals surface area (Å²) < 4.78 is 5.52. The van der Waals surface area contributed by atoms with Gasteiger partial charge in [0.1, 0.15) is 5.75 Å². The van der Waals surface area contributed by atoms with Crippen molar-refractivity contribution < 1.29 is 14.3 Å². The molecule has 2 amide bonds. The van der Waals surface area contributed by atoms with Crippen LogP contribution in [0.2, 0.25) is 0 Å². The molecule has 0 spiro atoms. The molecule has 21 heavy (non-hydrogen) atoms. The molecule has 0 heterocycles. The molecule has 0 aliphatic heterocycles. The molecule has 3 N–H and O–H groups in total. The largest absolute Gasteiger partial charge is 0.481 e. The van der Waals surface area contributed by atoms with Crippen molar-refractivity contribution in [1.29, 1.82) is 0 Å². The van der Waals surface area contributed by atoms with Gasteiger partial charge in [0.25, 0.3) is 11.8 Å². The summed E-state index contributed by atoms with van der Waals surface area (Å²) in [5.41, 5.74) is 5.90. The van der Waals surface area contributed by atoms with Crippen LogP contribution in [0.15, 0.2) is 54.6 Å². The Morgan fingerprint density at radius 2 is 1.67 bits per heavy atom. The van der Waals surface area contributed by atoms with E-state index < -0.39 is 12.0 Å². The van der Waals surface area contributed by atoms with E-state index in [4.69, 9.17) is 10.5 Å². The van der Waals surface area contributed by atoms with Crippen molar-refractivity contribution in [3.63, 3.8) is 0 Å². The maximum absolute atomic E-state index is 12.1. The fraction of sp³-hybridized carbons (Fsp3) is 0.125. The number of rotatable bonds is 5. The number of nitrogens with two attached hydrogens (primary N) is 1. The second kappa shape index (κ2) is 6.56. The monoisotopic (exact) mass is 284 g/mol. The molecular weight excluding hydrogens is 268 g/mol. The Balaban J connectivity index is 2.06. The highest BCUT2D eigenvalue weighted by atomic mass is 16.5. The molecule has 0 aliphatic rings. The number of hydrogen-bond donors (Lipinski definition) is 2. The topological polar surface area (TPSA) is 81.4 Å². The van der Waals surface area contributed by atoms with Crippen molar-refractivity contribution in [2.75, 3.05) is 5.32 Å². The second-order valence-corrected chi connectivity index (χ2v) is 4.47. The summed E-state index contributed by atoms with van der Waals surface area (Å²) in [5, 5.41) is 2.65. The van der Waals surface area contributed by atoms with E-state index >= 15 is 0 Å². The predicted molar refractivity (Wildman–Crippen MR) is 80.1 cm³/mol. The summed E-state index contributed by atoms with van der Waals surface area (Å²) in [4.78, 5) is 23.4. The highest BCUT2D eigenvalue weighted by Gasteiger charge is 2.17. The van der Waals surface area contributed by atoms with E-state index in [9.17, 15) is 9.59 Å². The summed E-state index contributed by atoms with van der Waals surface area (Å²) >= 11 is 0. The van der Waals surface area contributed by atoms with E-state index in [1.54, 1.807) is 43.3 Å². The van der Waals surface area contributed by atoms with Gasteiger partial charge >= 0.3 is 0 Å². The van der Waals surface area contributed by atoms with Crippen molar-refractivity contribution in [2.24, 2.45) is 5.73 Å². The van der Waals surface area contributed by atoms with Crippen LogP contribution in [-0.2, 0) is 4.79 Å². The molecule has 0 saturated carbocycles. The molecule has 0 radical (unpaired) electrons. The van der Waals surface area contributed by atoms with Gasteiger partial charge in [-0.15, -0.1) is 0 Å². The third kappa shape index (κ3) is 3.82. The van der Waals surface area contributed by atoms with Gasteiger partial charge in [-0.1, -0.05) is 30.3 Å². The van der Waals surface area contributed by atoms with Gasteiger partial charge in [0.2, 0.25) is 0 Å². The van der Waals surface area contributed by atoms with Crippen LogP contribution >= 0.6 is 0 Å². The smallest absolute Gasteiger partial charge is 0.265 e. The van der Waals surface area contributed by atoms with E-state index in [2.05, 4.69) is 5.32 Å². The molecule has 0 aromatic heterocycles. The molecule has 2 aromatic rings. The zero-order chi connectivity index (χ0) is 15.2. The maximum Gasteiger partial charge on any atom is 0.265 e. The molecule has 2 rings (SSSR count). The van der Waals surface area contributed by atoms with Gasteiger partial charge in [-0.3, -0.25) is 9.59 Å². The van der Waals surface area contributed by atoms with Gasteiger partial charge in [-0.25, -0.2) is 0 Å².